The quantitative estimate of drug-likeness (QED) is 0.420. The van der Waals surface area contributed by atoms with Crippen molar-refractivity contribution < 1.29 is 0 Å². The highest BCUT2D eigenvalue weighted by atomic mass is 35.5. The average molecular weight is 369 g/mol. The molecule has 120 valence electrons. The number of nitrogens with one attached hydrogen (secondary N) is 1. The lowest BCUT2D eigenvalue weighted by Crippen LogP contribution is -2.18. The van der Waals surface area contributed by atoms with E-state index in [9.17, 15) is 4.79 Å². The van der Waals surface area contributed by atoms with Gasteiger partial charge in [0, 0.05) is 10.8 Å². The summed E-state index contributed by atoms with van der Waals surface area (Å²) in [7, 11) is 0. The van der Waals surface area contributed by atoms with Crippen LogP contribution in [0.5, 0.6) is 0 Å². The lowest BCUT2D eigenvalue weighted by Gasteiger charge is -2.06. The minimum absolute atomic E-state index is 0.253. The van der Waals surface area contributed by atoms with Crippen molar-refractivity contribution in [2.24, 2.45) is 0 Å². The first-order valence-electron chi connectivity index (χ1n) is 7.12. The third-order valence-electron chi connectivity index (χ3n) is 3.28. The summed E-state index contributed by atoms with van der Waals surface area (Å²) in [5.41, 5.74) is 1.50. The minimum atomic E-state index is -0.284. The predicted molar refractivity (Wildman–Crippen MR) is 94.7 cm³/mol. The highest BCUT2D eigenvalue weighted by Crippen LogP contribution is 2.24. The largest absolute Gasteiger partial charge is 0.328 e. The van der Waals surface area contributed by atoms with E-state index in [-0.39, 0.29) is 10.8 Å². The van der Waals surface area contributed by atoms with Crippen molar-refractivity contribution in [3.63, 3.8) is 0 Å². The van der Waals surface area contributed by atoms with Crippen molar-refractivity contribution in [1.29, 1.82) is 0 Å². The van der Waals surface area contributed by atoms with E-state index in [2.05, 4.69) is 21.9 Å². The van der Waals surface area contributed by atoms with E-state index in [4.69, 9.17) is 23.2 Å². The topological polar surface area (TPSA) is 63.6 Å². The molecule has 2 aromatic heterocycles. The van der Waals surface area contributed by atoms with Gasteiger partial charge in [0.2, 0.25) is 0 Å². The van der Waals surface area contributed by atoms with Crippen LogP contribution in [0.3, 0.4) is 0 Å². The van der Waals surface area contributed by atoms with Gasteiger partial charge in [0.15, 0.2) is 16.0 Å². The fourth-order valence-electron chi connectivity index (χ4n) is 2.18. The van der Waals surface area contributed by atoms with Gasteiger partial charge in [-0.2, -0.15) is 0 Å². The van der Waals surface area contributed by atoms with E-state index in [0.717, 1.165) is 17.7 Å². The van der Waals surface area contributed by atoms with Gasteiger partial charge in [0.25, 0.3) is 0 Å². The van der Waals surface area contributed by atoms with Crippen molar-refractivity contribution in [3.05, 3.63) is 50.5 Å². The monoisotopic (exact) mass is 368 g/mol. The van der Waals surface area contributed by atoms with Crippen LogP contribution < -0.4 is 5.69 Å². The van der Waals surface area contributed by atoms with Crippen LogP contribution >= 0.6 is 35.0 Å². The molecule has 3 rings (SSSR count). The molecule has 23 heavy (non-hydrogen) atoms. The molecule has 8 heteroatoms. The van der Waals surface area contributed by atoms with E-state index >= 15 is 0 Å². The number of H-pyrrole nitrogens is 1. The molecule has 0 saturated heterocycles. The summed E-state index contributed by atoms with van der Waals surface area (Å²) in [6.45, 7) is 2.40. The summed E-state index contributed by atoms with van der Waals surface area (Å²) < 4.78 is 1.53. The first-order valence-corrected chi connectivity index (χ1v) is 8.86. The van der Waals surface area contributed by atoms with E-state index in [1.807, 2.05) is 18.2 Å². The SMILES string of the molecule is CCCSc1nc(Cl)c2[nH]c(=O)n(Cc3ccccc3Cl)c2n1. The number of hydrogen-bond acceptors (Lipinski definition) is 4. The third-order valence-corrected chi connectivity index (χ3v) is 4.97. The second kappa shape index (κ2) is 6.95. The number of rotatable bonds is 5. The average Bonchev–Trinajstić information content (AvgIpc) is 2.84. The van der Waals surface area contributed by atoms with Crippen molar-refractivity contribution in [3.8, 4) is 0 Å². The lowest BCUT2D eigenvalue weighted by atomic mass is 10.2. The zero-order chi connectivity index (χ0) is 16.4. The second-order valence-electron chi connectivity index (χ2n) is 4.95. The fraction of sp³-hybridized carbons (Fsp3) is 0.267. The molecule has 0 aliphatic carbocycles. The molecule has 0 fully saturated rings. The molecule has 0 aliphatic heterocycles. The molecule has 0 unspecified atom stereocenters. The summed E-state index contributed by atoms with van der Waals surface area (Å²) in [4.78, 5) is 23.7. The van der Waals surface area contributed by atoms with Crippen LogP contribution in [0.2, 0.25) is 10.2 Å². The Labute approximate surface area is 147 Å². The molecule has 0 saturated carbocycles. The van der Waals surface area contributed by atoms with Crippen molar-refractivity contribution >= 4 is 46.1 Å². The maximum absolute atomic E-state index is 12.3. The molecule has 0 amide bonds. The second-order valence-corrected chi connectivity index (χ2v) is 6.78. The maximum atomic E-state index is 12.3. The van der Waals surface area contributed by atoms with Crippen molar-refractivity contribution in [2.75, 3.05) is 5.75 Å². The Morgan fingerprint density at radius 3 is 2.78 bits per heavy atom. The molecule has 0 aliphatic rings. The van der Waals surface area contributed by atoms with Gasteiger partial charge in [0.05, 0.1) is 6.54 Å². The van der Waals surface area contributed by atoms with Gasteiger partial charge in [-0.15, -0.1) is 0 Å². The summed E-state index contributed by atoms with van der Waals surface area (Å²) >= 11 is 13.9. The number of benzene rings is 1. The first-order chi connectivity index (χ1) is 11.1. The number of nitrogens with zero attached hydrogens (tertiary/aromatic N) is 3. The Hall–Kier alpha value is -1.50. The molecule has 5 nitrogen and oxygen atoms in total. The predicted octanol–water partition coefficient (Wildman–Crippen LogP) is 3.98. The Balaban J connectivity index is 2.09. The summed E-state index contributed by atoms with van der Waals surface area (Å²) in [6.07, 6.45) is 1.00. The number of fused-ring (bicyclic) bond motifs is 1. The van der Waals surface area contributed by atoms with Gasteiger partial charge in [-0.3, -0.25) is 4.57 Å². The summed E-state index contributed by atoms with van der Waals surface area (Å²) in [5.74, 6) is 0.890. The van der Waals surface area contributed by atoms with Crippen LogP contribution in [0.4, 0.5) is 0 Å². The highest BCUT2D eigenvalue weighted by Gasteiger charge is 2.15. The summed E-state index contributed by atoms with van der Waals surface area (Å²) in [6, 6.07) is 7.40. The smallest absolute Gasteiger partial charge is 0.302 e. The van der Waals surface area contributed by atoms with Gasteiger partial charge in [-0.25, -0.2) is 14.8 Å². The maximum Gasteiger partial charge on any atom is 0.328 e. The molecule has 3 aromatic rings. The van der Waals surface area contributed by atoms with Crippen LogP contribution in [0.15, 0.2) is 34.2 Å². The molecule has 2 heterocycles. The normalized spacial score (nSPS) is 11.3. The van der Waals surface area contributed by atoms with Crippen LogP contribution in [0.25, 0.3) is 11.2 Å². The Bertz CT molecular complexity index is 906. The lowest BCUT2D eigenvalue weighted by molar-refractivity contribution is 0.771. The zero-order valence-electron chi connectivity index (χ0n) is 12.3. The molecular formula is C15H14Cl2N4OS. The standard InChI is InChI=1S/C15H14Cl2N4OS/c1-2-7-23-14-19-12(17)11-13(20-14)21(15(22)18-11)8-9-5-3-4-6-10(9)16/h3-6H,2,7-8H2,1H3,(H,18,22). The zero-order valence-corrected chi connectivity index (χ0v) is 14.7. The van der Waals surface area contributed by atoms with E-state index in [0.29, 0.717) is 27.9 Å². The molecular weight excluding hydrogens is 355 g/mol. The number of aromatic amines is 1. The Kier molecular flexibility index (Phi) is 4.94. The van der Waals surface area contributed by atoms with E-state index < -0.39 is 0 Å². The van der Waals surface area contributed by atoms with Crippen molar-refractivity contribution in [1.82, 2.24) is 19.5 Å². The van der Waals surface area contributed by atoms with Crippen LogP contribution in [-0.4, -0.2) is 25.3 Å². The molecule has 0 atom stereocenters. The van der Waals surface area contributed by atoms with Gasteiger partial charge < -0.3 is 4.98 Å². The van der Waals surface area contributed by atoms with Crippen LogP contribution in [0, 0.1) is 0 Å². The molecule has 0 bridgehead atoms. The van der Waals surface area contributed by atoms with E-state index in [1.54, 1.807) is 6.07 Å². The van der Waals surface area contributed by atoms with Gasteiger partial charge in [-0.05, 0) is 18.1 Å². The van der Waals surface area contributed by atoms with Crippen LogP contribution in [-0.2, 0) is 6.54 Å². The first kappa shape index (κ1) is 16.4. The van der Waals surface area contributed by atoms with Gasteiger partial charge >= 0.3 is 5.69 Å². The number of halogens is 2. The highest BCUT2D eigenvalue weighted by molar-refractivity contribution is 7.99. The number of aromatic nitrogens is 4. The van der Waals surface area contributed by atoms with Crippen molar-refractivity contribution in [2.45, 2.75) is 25.0 Å². The summed E-state index contributed by atoms with van der Waals surface area (Å²) in [5, 5.41) is 1.43. The molecule has 1 aromatic carbocycles. The number of hydrogen-bond donors (Lipinski definition) is 1. The molecule has 1 N–H and O–H groups in total. The number of thioether (sulfide) groups is 1. The van der Waals surface area contributed by atoms with E-state index in [1.165, 1.54) is 16.3 Å². The Morgan fingerprint density at radius 1 is 1.26 bits per heavy atom. The molecule has 0 spiro atoms. The fourth-order valence-corrected chi connectivity index (χ4v) is 3.33. The minimum Gasteiger partial charge on any atom is -0.302 e. The Morgan fingerprint density at radius 2 is 2.04 bits per heavy atom. The van der Waals surface area contributed by atoms with Crippen LogP contribution in [0.1, 0.15) is 18.9 Å². The molecule has 0 radical (unpaired) electrons. The third kappa shape index (κ3) is 3.39. The van der Waals surface area contributed by atoms with Gasteiger partial charge in [-0.1, -0.05) is 60.1 Å². The van der Waals surface area contributed by atoms with Gasteiger partial charge in [0.1, 0.15) is 5.52 Å². The number of imidazole rings is 1.